The number of aryl methyl sites for hydroxylation is 1. The molecule has 3 aromatic carbocycles. The van der Waals surface area contributed by atoms with Crippen LogP contribution in [0.15, 0.2) is 82.1 Å². The van der Waals surface area contributed by atoms with E-state index in [2.05, 4.69) is 17.2 Å². The van der Waals surface area contributed by atoms with E-state index in [1.807, 2.05) is 61.8 Å². The summed E-state index contributed by atoms with van der Waals surface area (Å²) in [5.41, 5.74) is 11.5. The molecule has 1 aliphatic carbocycles. The molecule has 0 bridgehead atoms. The summed E-state index contributed by atoms with van der Waals surface area (Å²) in [5.74, 6) is 0.540. The highest BCUT2D eigenvalue weighted by atomic mass is 16.3. The number of benzene rings is 3. The molecule has 0 spiro atoms. The van der Waals surface area contributed by atoms with Gasteiger partial charge in [-0.1, -0.05) is 54.6 Å². The fourth-order valence-electron chi connectivity index (χ4n) is 4.84. The van der Waals surface area contributed by atoms with Gasteiger partial charge in [0.1, 0.15) is 11.3 Å². The first-order valence-corrected chi connectivity index (χ1v) is 10.9. The van der Waals surface area contributed by atoms with Gasteiger partial charge in [0, 0.05) is 35.8 Å². The number of hydrogen-bond acceptors (Lipinski definition) is 4. The lowest BCUT2D eigenvalue weighted by Crippen LogP contribution is -2.43. The Kier molecular flexibility index (Phi) is 4.10. The Morgan fingerprint density at radius 2 is 1.72 bits per heavy atom. The fourth-order valence-corrected chi connectivity index (χ4v) is 4.84. The molecule has 0 radical (unpaired) electrons. The fraction of sp³-hybridized carbons (Fsp3) is 0.185. The Morgan fingerprint density at radius 3 is 2.47 bits per heavy atom. The van der Waals surface area contributed by atoms with E-state index in [1.165, 1.54) is 0 Å². The van der Waals surface area contributed by atoms with Crippen LogP contribution in [0.1, 0.15) is 24.8 Å². The van der Waals surface area contributed by atoms with Crippen molar-refractivity contribution in [1.82, 2.24) is 9.78 Å². The zero-order valence-electron chi connectivity index (χ0n) is 17.8. The van der Waals surface area contributed by atoms with E-state index < -0.39 is 0 Å². The second-order valence-electron chi connectivity index (χ2n) is 8.76. The Hall–Kier alpha value is -3.70. The molecule has 5 aromatic rings. The van der Waals surface area contributed by atoms with Crippen LogP contribution in [0.4, 0.5) is 0 Å². The topological polar surface area (TPSA) is 74.0 Å². The smallest absolute Gasteiger partial charge is 0.193 e. The van der Waals surface area contributed by atoms with E-state index in [9.17, 15) is 4.79 Å². The van der Waals surface area contributed by atoms with Gasteiger partial charge in [0.15, 0.2) is 11.0 Å². The molecule has 1 saturated carbocycles. The summed E-state index contributed by atoms with van der Waals surface area (Å²) < 4.78 is 8.05. The van der Waals surface area contributed by atoms with Gasteiger partial charge in [0.25, 0.3) is 0 Å². The highest BCUT2D eigenvalue weighted by molar-refractivity contribution is 6.09. The van der Waals surface area contributed by atoms with Crippen LogP contribution >= 0.6 is 0 Å². The summed E-state index contributed by atoms with van der Waals surface area (Å²) in [6.45, 7) is 0. The molecule has 32 heavy (non-hydrogen) atoms. The van der Waals surface area contributed by atoms with Crippen LogP contribution in [0.3, 0.4) is 0 Å². The molecule has 2 heterocycles. The minimum absolute atomic E-state index is 0.0810. The van der Waals surface area contributed by atoms with Gasteiger partial charge in [0.2, 0.25) is 0 Å². The molecule has 158 valence electrons. The van der Waals surface area contributed by atoms with Crippen molar-refractivity contribution in [3.05, 3.63) is 88.7 Å². The van der Waals surface area contributed by atoms with Crippen molar-refractivity contribution in [3.8, 4) is 22.5 Å². The lowest BCUT2D eigenvalue weighted by atomic mass is 9.70. The van der Waals surface area contributed by atoms with Crippen LogP contribution in [0, 0.1) is 0 Å². The molecule has 2 N–H and O–H groups in total. The van der Waals surface area contributed by atoms with Crippen LogP contribution in [0.5, 0.6) is 0 Å². The van der Waals surface area contributed by atoms with Crippen molar-refractivity contribution in [2.75, 3.05) is 0 Å². The largest absolute Gasteiger partial charge is 0.453 e. The van der Waals surface area contributed by atoms with Gasteiger partial charge in [-0.15, -0.1) is 0 Å². The lowest BCUT2D eigenvalue weighted by molar-refractivity contribution is 0.254. The first-order valence-electron chi connectivity index (χ1n) is 10.9. The average molecular weight is 422 g/mol. The molecular formula is C27H23N3O2. The predicted molar refractivity (Wildman–Crippen MR) is 127 cm³/mol. The van der Waals surface area contributed by atoms with E-state index in [-0.39, 0.29) is 11.0 Å². The summed E-state index contributed by atoms with van der Waals surface area (Å²) in [4.78, 5) is 13.2. The second-order valence-corrected chi connectivity index (χ2v) is 8.76. The molecule has 0 atom stereocenters. The van der Waals surface area contributed by atoms with E-state index in [1.54, 1.807) is 10.7 Å². The first kappa shape index (κ1) is 19.0. The summed E-state index contributed by atoms with van der Waals surface area (Å²) in [6, 6.07) is 21.4. The zero-order valence-corrected chi connectivity index (χ0v) is 17.8. The standard InChI is InChI=1S/C27H23N3O2/c1-30-16-21-19(18-10-5-6-11-22(18)27(28)12-7-13-27)14-20-23(31)15-24(17-8-3-2-4-9-17)32-26(20)25(21)29-30/h2-6,8-11,14-16H,7,12-13,28H2,1H3. The number of nitrogens with two attached hydrogens (primary N) is 1. The highest BCUT2D eigenvalue weighted by Crippen LogP contribution is 2.45. The molecule has 0 saturated heterocycles. The summed E-state index contributed by atoms with van der Waals surface area (Å²) in [6.07, 6.45) is 5.06. The monoisotopic (exact) mass is 421 g/mol. The number of nitrogens with zero attached hydrogens (tertiary/aromatic N) is 2. The summed E-state index contributed by atoms with van der Waals surface area (Å²) in [7, 11) is 1.89. The maximum Gasteiger partial charge on any atom is 0.193 e. The molecule has 5 heteroatoms. The van der Waals surface area contributed by atoms with E-state index in [4.69, 9.17) is 10.2 Å². The number of hydrogen-bond donors (Lipinski definition) is 1. The molecule has 0 unspecified atom stereocenters. The first-order chi connectivity index (χ1) is 15.5. The minimum Gasteiger partial charge on any atom is -0.453 e. The molecule has 0 amide bonds. The number of rotatable bonds is 3. The highest BCUT2D eigenvalue weighted by Gasteiger charge is 2.36. The molecule has 1 aliphatic rings. The Bertz CT molecular complexity index is 1540. The van der Waals surface area contributed by atoms with Crippen LogP contribution in [-0.2, 0) is 12.6 Å². The van der Waals surface area contributed by atoms with Crippen molar-refractivity contribution in [1.29, 1.82) is 0 Å². The summed E-state index contributed by atoms with van der Waals surface area (Å²) >= 11 is 0. The second kappa shape index (κ2) is 6.90. The lowest BCUT2D eigenvalue weighted by Gasteiger charge is -2.40. The number of aromatic nitrogens is 2. The Morgan fingerprint density at radius 1 is 0.969 bits per heavy atom. The molecular weight excluding hydrogens is 398 g/mol. The predicted octanol–water partition coefficient (Wildman–Crippen LogP) is 5.35. The Labute approximate surface area is 185 Å². The van der Waals surface area contributed by atoms with Crippen LogP contribution in [0.25, 0.3) is 44.3 Å². The van der Waals surface area contributed by atoms with Gasteiger partial charge in [-0.2, -0.15) is 5.10 Å². The quantitative estimate of drug-likeness (QED) is 0.426. The third kappa shape index (κ3) is 2.82. The third-order valence-corrected chi connectivity index (χ3v) is 6.66. The SMILES string of the molecule is Cn1cc2c(-c3ccccc3C3(N)CCC3)cc3c(=O)cc(-c4ccccc4)oc3c2n1. The minimum atomic E-state index is -0.318. The van der Waals surface area contributed by atoms with E-state index >= 15 is 0 Å². The van der Waals surface area contributed by atoms with Gasteiger partial charge in [-0.05, 0) is 42.0 Å². The summed E-state index contributed by atoms with van der Waals surface area (Å²) in [5, 5.41) is 6.16. The van der Waals surface area contributed by atoms with Crippen molar-refractivity contribution >= 4 is 21.9 Å². The Balaban J connectivity index is 1.67. The molecule has 1 fully saturated rings. The zero-order chi connectivity index (χ0) is 21.9. The van der Waals surface area contributed by atoms with Gasteiger partial charge < -0.3 is 10.2 Å². The van der Waals surface area contributed by atoms with Crippen LogP contribution < -0.4 is 11.2 Å². The van der Waals surface area contributed by atoms with Crippen LogP contribution in [-0.4, -0.2) is 9.78 Å². The molecule has 5 nitrogen and oxygen atoms in total. The average Bonchev–Trinajstić information content (AvgIpc) is 3.19. The maximum absolute atomic E-state index is 13.2. The van der Waals surface area contributed by atoms with Crippen molar-refractivity contribution in [3.63, 3.8) is 0 Å². The van der Waals surface area contributed by atoms with Crippen molar-refractivity contribution < 1.29 is 4.42 Å². The number of fused-ring (bicyclic) bond motifs is 3. The molecule has 6 rings (SSSR count). The molecule has 2 aromatic heterocycles. The maximum atomic E-state index is 13.2. The van der Waals surface area contributed by atoms with E-state index in [0.29, 0.717) is 22.2 Å². The van der Waals surface area contributed by atoms with Gasteiger partial charge in [-0.25, -0.2) is 0 Å². The third-order valence-electron chi connectivity index (χ3n) is 6.66. The van der Waals surface area contributed by atoms with Gasteiger partial charge in [0.05, 0.1) is 5.39 Å². The van der Waals surface area contributed by atoms with Crippen molar-refractivity contribution in [2.45, 2.75) is 24.8 Å². The van der Waals surface area contributed by atoms with Crippen molar-refractivity contribution in [2.24, 2.45) is 12.8 Å². The van der Waals surface area contributed by atoms with E-state index in [0.717, 1.165) is 46.9 Å². The van der Waals surface area contributed by atoms with Gasteiger partial charge >= 0.3 is 0 Å². The molecule has 0 aliphatic heterocycles. The van der Waals surface area contributed by atoms with Gasteiger partial charge in [-0.3, -0.25) is 9.48 Å². The normalized spacial score (nSPS) is 15.2. The van der Waals surface area contributed by atoms with Crippen LogP contribution in [0.2, 0.25) is 0 Å².